The maximum Gasteiger partial charge on any atom is 0.407 e. The molecule has 0 spiro atoms. The number of benzene rings is 1. The van der Waals surface area contributed by atoms with Crippen LogP contribution in [0.1, 0.15) is 53.4 Å². The SMILES string of the molecule is CCCOc1ccccc1NC1CCCC1CNC(=O)OC(C)(C)C. The molecule has 0 saturated heterocycles. The summed E-state index contributed by atoms with van der Waals surface area (Å²) in [4.78, 5) is 11.9. The summed E-state index contributed by atoms with van der Waals surface area (Å²) in [6.07, 6.45) is 4.01. The van der Waals surface area contributed by atoms with Crippen molar-refractivity contribution < 1.29 is 14.3 Å². The molecule has 1 aromatic carbocycles. The van der Waals surface area contributed by atoms with Crippen LogP contribution in [0.4, 0.5) is 10.5 Å². The Balaban J connectivity index is 1.90. The Kier molecular flexibility index (Phi) is 6.97. The van der Waals surface area contributed by atoms with Gasteiger partial charge in [0.25, 0.3) is 0 Å². The molecule has 1 amide bonds. The zero-order chi connectivity index (χ0) is 18.3. The van der Waals surface area contributed by atoms with Crippen molar-refractivity contribution in [2.45, 2.75) is 65.0 Å². The number of para-hydroxylation sites is 2. The minimum Gasteiger partial charge on any atom is -0.491 e. The van der Waals surface area contributed by atoms with Gasteiger partial charge < -0.3 is 20.1 Å². The summed E-state index contributed by atoms with van der Waals surface area (Å²) in [5.74, 6) is 1.29. The number of rotatable bonds is 7. The maximum atomic E-state index is 11.9. The third kappa shape index (κ3) is 6.48. The van der Waals surface area contributed by atoms with Crippen molar-refractivity contribution in [2.75, 3.05) is 18.5 Å². The van der Waals surface area contributed by atoms with E-state index >= 15 is 0 Å². The number of anilines is 1. The molecule has 1 fully saturated rings. The molecule has 5 nitrogen and oxygen atoms in total. The summed E-state index contributed by atoms with van der Waals surface area (Å²) < 4.78 is 11.2. The highest BCUT2D eigenvalue weighted by Crippen LogP contribution is 2.32. The van der Waals surface area contributed by atoms with E-state index in [4.69, 9.17) is 9.47 Å². The van der Waals surface area contributed by atoms with Crippen LogP contribution in [0.25, 0.3) is 0 Å². The van der Waals surface area contributed by atoms with Gasteiger partial charge in [-0.3, -0.25) is 0 Å². The van der Waals surface area contributed by atoms with Crippen LogP contribution < -0.4 is 15.4 Å². The van der Waals surface area contributed by atoms with Gasteiger partial charge in [0.2, 0.25) is 0 Å². The fraction of sp³-hybridized carbons (Fsp3) is 0.650. The Hall–Kier alpha value is -1.91. The lowest BCUT2D eigenvalue weighted by Crippen LogP contribution is -2.38. The van der Waals surface area contributed by atoms with E-state index in [2.05, 4.69) is 23.6 Å². The first-order valence-electron chi connectivity index (χ1n) is 9.34. The van der Waals surface area contributed by atoms with Crippen LogP contribution in [-0.4, -0.2) is 30.9 Å². The van der Waals surface area contributed by atoms with Crippen molar-refractivity contribution in [1.29, 1.82) is 0 Å². The number of hydrogen-bond donors (Lipinski definition) is 2. The van der Waals surface area contributed by atoms with Crippen molar-refractivity contribution in [3.05, 3.63) is 24.3 Å². The topological polar surface area (TPSA) is 59.6 Å². The summed E-state index contributed by atoms with van der Waals surface area (Å²) in [6, 6.07) is 8.40. The molecule has 0 heterocycles. The summed E-state index contributed by atoms with van der Waals surface area (Å²) in [5, 5.41) is 6.54. The Bertz CT molecular complexity index is 554. The fourth-order valence-electron chi connectivity index (χ4n) is 3.12. The summed E-state index contributed by atoms with van der Waals surface area (Å²) in [5.41, 5.74) is 0.567. The third-order valence-corrected chi connectivity index (χ3v) is 4.26. The Morgan fingerprint density at radius 1 is 1.24 bits per heavy atom. The van der Waals surface area contributed by atoms with Gasteiger partial charge in [-0.25, -0.2) is 4.79 Å². The molecule has 1 aromatic rings. The lowest BCUT2D eigenvalue weighted by Gasteiger charge is -2.25. The minimum atomic E-state index is -0.465. The van der Waals surface area contributed by atoms with Crippen molar-refractivity contribution >= 4 is 11.8 Å². The number of alkyl carbamates (subject to hydrolysis) is 1. The molecule has 0 aromatic heterocycles. The minimum absolute atomic E-state index is 0.335. The molecule has 1 aliphatic carbocycles. The molecule has 2 N–H and O–H groups in total. The van der Waals surface area contributed by atoms with Crippen LogP contribution in [0.2, 0.25) is 0 Å². The Labute approximate surface area is 151 Å². The number of ether oxygens (including phenoxy) is 2. The van der Waals surface area contributed by atoms with E-state index in [0.29, 0.717) is 25.1 Å². The molecule has 25 heavy (non-hydrogen) atoms. The average molecular weight is 348 g/mol. The third-order valence-electron chi connectivity index (χ3n) is 4.26. The summed E-state index contributed by atoms with van der Waals surface area (Å²) in [6.45, 7) is 9.07. The van der Waals surface area contributed by atoms with Crippen molar-refractivity contribution in [2.24, 2.45) is 5.92 Å². The molecule has 1 saturated carbocycles. The smallest absolute Gasteiger partial charge is 0.407 e. The molecular weight excluding hydrogens is 316 g/mol. The van der Waals surface area contributed by atoms with E-state index in [1.165, 1.54) is 0 Å². The van der Waals surface area contributed by atoms with Crippen molar-refractivity contribution in [3.8, 4) is 5.75 Å². The molecule has 0 radical (unpaired) electrons. The van der Waals surface area contributed by atoms with Gasteiger partial charge in [0, 0.05) is 12.6 Å². The van der Waals surface area contributed by atoms with Crippen LogP contribution in [0, 0.1) is 5.92 Å². The zero-order valence-electron chi connectivity index (χ0n) is 15.9. The highest BCUT2D eigenvalue weighted by molar-refractivity contribution is 5.67. The highest BCUT2D eigenvalue weighted by Gasteiger charge is 2.28. The first-order valence-corrected chi connectivity index (χ1v) is 9.34. The molecular formula is C20H32N2O3. The molecule has 2 unspecified atom stereocenters. The van der Waals surface area contributed by atoms with Crippen LogP contribution in [0.5, 0.6) is 5.75 Å². The Morgan fingerprint density at radius 3 is 2.72 bits per heavy atom. The van der Waals surface area contributed by atoms with Gasteiger partial charge in [-0.05, 0) is 58.1 Å². The first-order chi connectivity index (χ1) is 11.9. The van der Waals surface area contributed by atoms with Crippen LogP contribution in [0.3, 0.4) is 0 Å². The molecule has 2 atom stereocenters. The summed E-state index contributed by atoms with van der Waals surface area (Å²) in [7, 11) is 0. The zero-order valence-corrected chi connectivity index (χ0v) is 15.9. The molecule has 140 valence electrons. The molecule has 5 heteroatoms. The second-order valence-corrected chi connectivity index (χ2v) is 7.67. The van der Waals surface area contributed by atoms with Gasteiger partial charge in [0.05, 0.1) is 12.3 Å². The predicted octanol–water partition coefficient (Wildman–Crippen LogP) is 4.58. The van der Waals surface area contributed by atoms with E-state index in [9.17, 15) is 4.79 Å². The summed E-state index contributed by atoms with van der Waals surface area (Å²) >= 11 is 0. The lowest BCUT2D eigenvalue weighted by atomic mass is 10.0. The largest absolute Gasteiger partial charge is 0.491 e. The van der Waals surface area contributed by atoms with Crippen LogP contribution >= 0.6 is 0 Å². The first kappa shape index (κ1) is 19.4. The van der Waals surface area contributed by atoms with Crippen LogP contribution in [0.15, 0.2) is 24.3 Å². The van der Waals surface area contributed by atoms with Crippen LogP contribution in [-0.2, 0) is 4.74 Å². The second-order valence-electron chi connectivity index (χ2n) is 7.67. The molecule has 2 rings (SSSR count). The van der Waals surface area contributed by atoms with Gasteiger partial charge in [-0.2, -0.15) is 0 Å². The van der Waals surface area contributed by atoms with Crippen molar-refractivity contribution in [1.82, 2.24) is 5.32 Å². The van der Waals surface area contributed by atoms with E-state index < -0.39 is 5.60 Å². The highest BCUT2D eigenvalue weighted by atomic mass is 16.6. The fourth-order valence-corrected chi connectivity index (χ4v) is 3.12. The molecule has 0 bridgehead atoms. The standard InChI is InChI=1S/C20H32N2O3/c1-5-13-24-18-12-7-6-10-17(18)22-16-11-8-9-15(16)14-21-19(23)25-20(2,3)4/h6-7,10,12,15-16,22H,5,8-9,11,13-14H2,1-4H3,(H,21,23). The van der Waals surface area contributed by atoms with Gasteiger partial charge in [0.15, 0.2) is 0 Å². The molecule has 1 aliphatic rings. The van der Waals surface area contributed by atoms with Gasteiger partial charge in [-0.15, -0.1) is 0 Å². The maximum absolute atomic E-state index is 11.9. The number of nitrogens with one attached hydrogen (secondary N) is 2. The number of carbonyl (C=O) groups excluding carboxylic acids is 1. The van der Waals surface area contributed by atoms with Gasteiger partial charge in [0.1, 0.15) is 11.4 Å². The predicted molar refractivity (Wildman–Crippen MR) is 101 cm³/mol. The average Bonchev–Trinajstić information content (AvgIpc) is 2.98. The van der Waals surface area contributed by atoms with Crippen molar-refractivity contribution in [3.63, 3.8) is 0 Å². The number of hydrogen-bond acceptors (Lipinski definition) is 4. The lowest BCUT2D eigenvalue weighted by molar-refractivity contribution is 0.0519. The quantitative estimate of drug-likeness (QED) is 0.757. The Morgan fingerprint density at radius 2 is 2.00 bits per heavy atom. The second kappa shape index (κ2) is 8.97. The van der Waals surface area contributed by atoms with E-state index in [1.54, 1.807) is 0 Å². The number of amides is 1. The van der Waals surface area contributed by atoms with Gasteiger partial charge in [-0.1, -0.05) is 25.5 Å². The van der Waals surface area contributed by atoms with E-state index in [1.807, 2.05) is 39.0 Å². The normalized spacial score (nSPS) is 20.2. The van der Waals surface area contributed by atoms with E-state index in [0.717, 1.165) is 37.1 Å². The van der Waals surface area contributed by atoms with E-state index in [-0.39, 0.29) is 6.09 Å². The van der Waals surface area contributed by atoms with Gasteiger partial charge >= 0.3 is 6.09 Å². The molecule has 0 aliphatic heterocycles. The number of carbonyl (C=O) groups is 1. The monoisotopic (exact) mass is 348 g/mol.